The third kappa shape index (κ3) is 4.16. The third-order valence-corrected chi connectivity index (χ3v) is 6.59. The average molecular weight is 504 g/mol. The molecule has 0 radical (unpaired) electrons. The second-order valence-electron chi connectivity index (χ2n) is 9.08. The molecule has 0 bridgehead atoms. The fourth-order valence-corrected chi connectivity index (χ4v) is 4.68. The summed E-state index contributed by atoms with van der Waals surface area (Å²) in [5, 5.41) is 3.79. The van der Waals surface area contributed by atoms with Gasteiger partial charge in [0, 0.05) is 22.6 Å². The normalized spacial score (nSPS) is 15.5. The largest absolute Gasteiger partial charge is 0.350 e. The van der Waals surface area contributed by atoms with E-state index >= 15 is 0 Å². The summed E-state index contributed by atoms with van der Waals surface area (Å²) in [6.45, 7) is 4.11. The van der Waals surface area contributed by atoms with E-state index < -0.39 is 29.6 Å². The Morgan fingerprint density at radius 1 is 1.03 bits per heavy atom. The highest BCUT2D eigenvalue weighted by atomic mass is 35.5. The summed E-state index contributed by atoms with van der Waals surface area (Å²) >= 11 is 6.13. The van der Waals surface area contributed by atoms with E-state index in [2.05, 4.69) is 19.2 Å². The van der Waals surface area contributed by atoms with E-state index in [0.29, 0.717) is 27.2 Å². The zero-order chi connectivity index (χ0) is 25.6. The molecule has 1 aliphatic heterocycles. The highest BCUT2D eigenvalue weighted by Crippen LogP contribution is 2.32. The Labute approximate surface area is 212 Å². The fraction of sp³-hybridized carbons (Fsp3) is 0.179. The number of nitrogens with zero attached hydrogens (tertiary/aromatic N) is 2. The molecule has 1 aliphatic rings. The van der Waals surface area contributed by atoms with Gasteiger partial charge in [-0.1, -0.05) is 49.7 Å². The standard InChI is InChI=1S/C28H23ClFN3O3/c1-16(2)18-6-9-22(10-7-18)32-25(26(34)31-15-17-4-3-5-21(30)12-17)28(36)33-23-11-8-20(29)13-19(23)14-24(33)27(32)35/h3-14,16,25H,15H2,1-2H3,(H,31,34). The Morgan fingerprint density at radius 2 is 1.78 bits per heavy atom. The predicted octanol–water partition coefficient (Wildman–Crippen LogP) is 5.54. The van der Waals surface area contributed by atoms with Crippen LogP contribution in [0.15, 0.2) is 72.8 Å². The number of nitrogens with one attached hydrogen (secondary N) is 1. The topological polar surface area (TPSA) is 71.4 Å². The van der Waals surface area contributed by atoms with Gasteiger partial charge in [-0.25, -0.2) is 4.39 Å². The van der Waals surface area contributed by atoms with Gasteiger partial charge in [0.1, 0.15) is 11.5 Å². The van der Waals surface area contributed by atoms with Crippen LogP contribution in [0.4, 0.5) is 10.1 Å². The summed E-state index contributed by atoms with van der Waals surface area (Å²) in [4.78, 5) is 42.2. The molecule has 0 saturated heterocycles. The van der Waals surface area contributed by atoms with E-state index in [-0.39, 0.29) is 18.2 Å². The predicted molar refractivity (Wildman–Crippen MR) is 137 cm³/mol. The van der Waals surface area contributed by atoms with Gasteiger partial charge in [0.25, 0.3) is 17.7 Å². The maximum absolute atomic E-state index is 13.8. The summed E-state index contributed by atoms with van der Waals surface area (Å²) in [5.74, 6) is -1.86. The molecule has 1 N–H and O–H groups in total. The second-order valence-corrected chi connectivity index (χ2v) is 9.51. The molecule has 2 heterocycles. The molecule has 36 heavy (non-hydrogen) atoms. The third-order valence-electron chi connectivity index (χ3n) is 6.36. The Balaban J connectivity index is 1.58. The number of fused-ring (bicyclic) bond motifs is 3. The van der Waals surface area contributed by atoms with Crippen LogP contribution in [0.2, 0.25) is 5.02 Å². The van der Waals surface area contributed by atoms with Crippen molar-refractivity contribution < 1.29 is 18.8 Å². The van der Waals surface area contributed by atoms with Crippen molar-refractivity contribution in [1.29, 1.82) is 0 Å². The first-order valence-corrected chi connectivity index (χ1v) is 11.9. The van der Waals surface area contributed by atoms with Crippen LogP contribution in [0.1, 0.15) is 46.2 Å². The minimum absolute atomic E-state index is 0.00355. The van der Waals surface area contributed by atoms with Crippen molar-refractivity contribution in [3.8, 4) is 0 Å². The van der Waals surface area contributed by atoms with Crippen LogP contribution < -0.4 is 10.2 Å². The molecule has 182 valence electrons. The number of hydrogen-bond donors (Lipinski definition) is 1. The van der Waals surface area contributed by atoms with E-state index in [1.165, 1.54) is 27.7 Å². The van der Waals surface area contributed by atoms with Crippen LogP contribution in [-0.4, -0.2) is 28.3 Å². The molecule has 0 saturated carbocycles. The van der Waals surface area contributed by atoms with Gasteiger partial charge in [-0.05, 0) is 65.6 Å². The van der Waals surface area contributed by atoms with Gasteiger partial charge in [0.2, 0.25) is 0 Å². The van der Waals surface area contributed by atoms with Crippen molar-refractivity contribution in [2.24, 2.45) is 0 Å². The molecule has 5 rings (SSSR count). The number of aromatic nitrogens is 1. The Bertz CT molecular complexity index is 1510. The Kier molecular flexibility index (Phi) is 6.10. The minimum atomic E-state index is -1.45. The van der Waals surface area contributed by atoms with Gasteiger partial charge in [0.15, 0.2) is 6.04 Å². The summed E-state index contributed by atoms with van der Waals surface area (Å²) in [6.07, 6.45) is 0. The number of hydrogen-bond acceptors (Lipinski definition) is 3. The lowest BCUT2D eigenvalue weighted by Gasteiger charge is -2.34. The molecule has 2 amide bonds. The van der Waals surface area contributed by atoms with Crippen LogP contribution in [0, 0.1) is 5.82 Å². The Morgan fingerprint density at radius 3 is 2.47 bits per heavy atom. The van der Waals surface area contributed by atoms with Gasteiger partial charge in [-0.2, -0.15) is 0 Å². The van der Waals surface area contributed by atoms with Crippen molar-refractivity contribution in [3.05, 3.63) is 100 Å². The monoisotopic (exact) mass is 503 g/mol. The molecule has 1 unspecified atom stereocenters. The van der Waals surface area contributed by atoms with E-state index in [4.69, 9.17) is 11.6 Å². The summed E-state index contributed by atoms with van der Waals surface area (Å²) in [6, 6.07) is 18.2. The summed E-state index contributed by atoms with van der Waals surface area (Å²) in [7, 11) is 0. The zero-order valence-electron chi connectivity index (χ0n) is 19.7. The molecular weight excluding hydrogens is 481 g/mol. The molecule has 0 fully saturated rings. The number of anilines is 1. The quantitative estimate of drug-likeness (QED) is 0.363. The van der Waals surface area contributed by atoms with Gasteiger partial charge < -0.3 is 5.32 Å². The van der Waals surface area contributed by atoms with Gasteiger partial charge in [-0.3, -0.25) is 23.9 Å². The van der Waals surface area contributed by atoms with Gasteiger partial charge >= 0.3 is 0 Å². The van der Waals surface area contributed by atoms with Crippen LogP contribution in [-0.2, 0) is 11.3 Å². The lowest BCUT2D eigenvalue weighted by Crippen LogP contribution is -2.59. The van der Waals surface area contributed by atoms with Crippen molar-refractivity contribution in [2.45, 2.75) is 32.4 Å². The zero-order valence-corrected chi connectivity index (χ0v) is 20.4. The minimum Gasteiger partial charge on any atom is -0.350 e. The molecular formula is C28H23ClFN3O3. The lowest BCUT2D eigenvalue weighted by atomic mass is 10.0. The number of rotatable bonds is 5. The lowest BCUT2D eigenvalue weighted by molar-refractivity contribution is -0.121. The van der Waals surface area contributed by atoms with Gasteiger partial charge in [0.05, 0.1) is 5.52 Å². The van der Waals surface area contributed by atoms with Crippen molar-refractivity contribution in [1.82, 2.24) is 9.88 Å². The molecule has 1 aromatic heterocycles. The first-order valence-electron chi connectivity index (χ1n) is 11.6. The van der Waals surface area contributed by atoms with Gasteiger partial charge in [-0.15, -0.1) is 0 Å². The summed E-state index contributed by atoms with van der Waals surface area (Å²) < 4.78 is 14.9. The maximum atomic E-state index is 13.8. The van der Waals surface area contributed by atoms with E-state index in [9.17, 15) is 18.8 Å². The molecule has 1 atom stereocenters. The van der Waals surface area contributed by atoms with Crippen molar-refractivity contribution in [3.63, 3.8) is 0 Å². The first kappa shape index (κ1) is 23.8. The molecule has 8 heteroatoms. The molecule has 0 aliphatic carbocycles. The highest BCUT2D eigenvalue weighted by molar-refractivity contribution is 6.31. The smallest absolute Gasteiger partial charge is 0.276 e. The van der Waals surface area contributed by atoms with E-state index in [1.807, 2.05) is 12.1 Å². The second kappa shape index (κ2) is 9.24. The van der Waals surface area contributed by atoms with Crippen molar-refractivity contribution >= 4 is 45.9 Å². The molecule has 4 aromatic rings. The number of benzene rings is 3. The summed E-state index contributed by atoms with van der Waals surface area (Å²) in [5.41, 5.74) is 2.67. The number of amides is 2. The maximum Gasteiger partial charge on any atom is 0.276 e. The fourth-order valence-electron chi connectivity index (χ4n) is 4.50. The number of halogens is 2. The molecule has 0 spiro atoms. The van der Waals surface area contributed by atoms with Crippen LogP contribution in [0.3, 0.4) is 0 Å². The van der Waals surface area contributed by atoms with E-state index in [1.54, 1.807) is 42.5 Å². The highest BCUT2D eigenvalue weighted by Gasteiger charge is 2.45. The van der Waals surface area contributed by atoms with Crippen molar-refractivity contribution in [2.75, 3.05) is 4.90 Å². The average Bonchev–Trinajstić information content (AvgIpc) is 3.24. The molecule has 3 aromatic carbocycles. The number of carbonyl (C=O) groups is 3. The van der Waals surface area contributed by atoms with E-state index in [0.717, 1.165) is 5.56 Å². The molecule has 6 nitrogen and oxygen atoms in total. The Hall–Kier alpha value is -3.97. The van der Waals surface area contributed by atoms with Crippen LogP contribution in [0.5, 0.6) is 0 Å². The first-order chi connectivity index (χ1) is 17.2. The van der Waals surface area contributed by atoms with Crippen LogP contribution >= 0.6 is 11.6 Å². The SMILES string of the molecule is CC(C)c1ccc(N2C(=O)c3cc4cc(Cl)ccc4n3C(=O)C2C(=O)NCc2cccc(F)c2)cc1. The van der Waals surface area contributed by atoms with Crippen LogP contribution in [0.25, 0.3) is 10.9 Å². The number of carbonyl (C=O) groups excluding carboxylic acids is 3.